The Morgan fingerprint density at radius 2 is 1.77 bits per heavy atom. The molecule has 1 atom stereocenters. The van der Waals surface area contributed by atoms with Crippen LogP contribution in [0.25, 0.3) is 10.8 Å². The van der Waals surface area contributed by atoms with E-state index < -0.39 is 10.8 Å². The van der Waals surface area contributed by atoms with Crippen molar-refractivity contribution in [2.24, 2.45) is 0 Å². The minimum atomic E-state index is -0.664. The first-order chi connectivity index (χ1) is 12.6. The molecular formula is C20H11ClN2O3. The first-order valence-electron chi connectivity index (χ1n) is 7.84. The molecule has 26 heavy (non-hydrogen) atoms. The van der Waals surface area contributed by atoms with Gasteiger partial charge in [0.1, 0.15) is 11.8 Å². The SMILES string of the molecule is N#CC1=C(Cl)Oc2c(ccc3ccccc23)C1c1ccccc1[N+](=O)[O-]. The summed E-state index contributed by atoms with van der Waals surface area (Å²) in [5, 5.41) is 22.9. The number of nitriles is 1. The van der Waals surface area contributed by atoms with E-state index in [9.17, 15) is 15.4 Å². The third kappa shape index (κ3) is 2.40. The summed E-state index contributed by atoms with van der Waals surface area (Å²) in [5.74, 6) is -0.141. The molecule has 1 aliphatic rings. The van der Waals surface area contributed by atoms with Crippen LogP contribution in [0, 0.1) is 21.4 Å². The smallest absolute Gasteiger partial charge is 0.273 e. The van der Waals surface area contributed by atoms with Crippen molar-refractivity contribution in [2.75, 3.05) is 0 Å². The average molecular weight is 363 g/mol. The molecule has 0 saturated heterocycles. The molecule has 4 rings (SSSR count). The number of halogens is 1. The number of nitro groups is 1. The zero-order chi connectivity index (χ0) is 18.3. The van der Waals surface area contributed by atoms with Crippen LogP contribution in [0.15, 0.2) is 71.5 Å². The number of hydrogen-bond donors (Lipinski definition) is 0. The van der Waals surface area contributed by atoms with E-state index in [1.807, 2.05) is 36.4 Å². The molecule has 0 saturated carbocycles. The largest absolute Gasteiger partial charge is 0.443 e. The summed E-state index contributed by atoms with van der Waals surface area (Å²) in [4.78, 5) is 11.1. The van der Waals surface area contributed by atoms with Crippen molar-refractivity contribution in [1.82, 2.24) is 0 Å². The number of allylic oxidation sites excluding steroid dienone is 1. The molecule has 126 valence electrons. The van der Waals surface area contributed by atoms with Crippen molar-refractivity contribution in [3.8, 4) is 11.8 Å². The standard InChI is InChI=1S/C20H11ClN2O3/c21-20-16(11-22)18(14-7-3-4-8-17(14)23(24)25)15-10-9-12-5-1-2-6-13(12)19(15)26-20/h1-10,18H. The zero-order valence-electron chi connectivity index (χ0n) is 13.3. The Hall–Kier alpha value is -3.36. The Bertz CT molecular complexity index is 1130. The lowest BCUT2D eigenvalue weighted by molar-refractivity contribution is -0.385. The second-order valence-corrected chi connectivity index (χ2v) is 6.20. The molecule has 0 spiro atoms. The first-order valence-corrected chi connectivity index (χ1v) is 8.22. The minimum Gasteiger partial charge on any atom is -0.443 e. The second kappa shape index (κ2) is 6.17. The van der Waals surface area contributed by atoms with E-state index in [0.29, 0.717) is 16.9 Å². The molecule has 0 N–H and O–H groups in total. The van der Waals surface area contributed by atoms with Gasteiger partial charge in [0.15, 0.2) is 0 Å². The average Bonchev–Trinajstić information content (AvgIpc) is 2.66. The Kier molecular flexibility index (Phi) is 3.83. The maximum Gasteiger partial charge on any atom is 0.273 e. The molecule has 0 bridgehead atoms. The molecule has 3 aromatic rings. The van der Waals surface area contributed by atoms with Gasteiger partial charge in [-0.3, -0.25) is 10.1 Å². The van der Waals surface area contributed by atoms with E-state index in [1.165, 1.54) is 6.07 Å². The summed E-state index contributed by atoms with van der Waals surface area (Å²) in [7, 11) is 0. The minimum absolute atomic E-state index is 0.0560. The third-order valence-corrected chi connectivity index (χ3v) is 4.76. The van der Waals surface area contributed by atoms with E-state index in [1.54, 1.807) is 18.2 Å². The quantitative estimate of drug-likeness (QED) is 0.461. The van der Waals surface area contributed by atoms with Crippen molar-refractivity contribution >= 4 is 28.1 Å². The molecule has 0 amide bonds. The normalized spacial score (nSPS) is 15.9. The molecule has 1 heterocycles. The van der Waals surface area contributed by atoms with E-state index in [0.717, 1.165) is 10.8 Å². The van der Waals surface area contributed by atoms with Gasteiger partial charge in [-0.1, -0.05) is 54.6 Å². The predicted molar refractivity (Wildman–Crippen MR) is 98.0 cm³/mol. The van der Waals surface area contributed by atoms with Crippen LogP contribution < -0.4 is 4.74 Å². The zero-order valence-corrected chi connectivity index (χ0v) is 14.1. The van der Waals surface area contributed by atoms with Crippen molar-refractivity contribution in [3.63, 3.8) is 0 Å². The van der Waals surface area contributed by atoms with Crippen LogP contribution in [0.3, 0.4) is 0 Å². The summed E-state index contributed by atoms with van der Waals surface area (Å²) in [6.45, 7) is 0. The highest BCUT2D eigenvalue weighted by atomic mass is 35.5. The second-order valence-electron chi connectivity index (χ2n) is 5.86. The van der Waals surface area contributed by atoms with Crippen LogP contribution in [0.4, 0.5) is 5.69 Å². The van der Waals surface area contributed by atoms with E-state index in [-0.39, 0.29) is 16.5 Å². The number of fused-ring (bicyclic) bond motifs is 3. The number of para-hydroxylation sites is 1. The van der Waals surface area contributed by atoms with E-state index in [2.05, 4.69) is 6.07 Å². The van der Waals surface area contributed by atoms with Gasteiger partial charge < -0.3 is 4.74 Å². The first kappa shape index (κ1) is 16.1. The fourth-order valence-corrected chi connectivity index (χ4v) is 3.57. The van der Waals surface area contributed by atoms with Gasteiger partial charge in [-0.05, 0) is 17.0 Å². The lowest BCUT2D eigenvalue weighted by Crippen LogP contribution is -2.15. The number of ether oxygens (including phenoxy) is 1. The highest BCUT2D eigenvalue weighted by molar-refractivity contribution is 6.29. The van der Waals surface area contributed by atoms with Crippen molar-refractivity contribution in [3.05, 3.63) is 92.7 Å². The Morgan fingerprint density at radius 1 is 1.04 bits per heavy atom. The fourth-order valence-electron chi connectivity index (χ4n) is 3.34. The van der Waals surface area contributed by atoms with E-state index >= 15 is 0 Å². The van der Waals surface area contributed by atoms with Crippen LogP contribution in [0.2, 0.25) is 0 Å². The fraction of sp³-hybridized carbons (Fsp3) is 0.0500. The molecule has 0 radical (unpaired) electrons. The van der Waals surface area contributed by atoms with Crippen LogP contribution >= 0.6 is 11.6 Å². The van der Waals surface area contributed by atoms with Crippen LogP contribution in [0.1, 0.15) is 17.0 Å². The number of hydrogen-bond acceptors (Lipinski definition) is 4. The van der Waals surface area contributed by atoms with E-state index in [4.69, 9.17) is 16.3 Å². The molecule has 0 fully saturated rings. The number of benzene rings is 3. The Balaban J connectivity index is 2.05. The molecule has 1 aliphatic heterocycles. The predicted octanol–water partition coefficient (Wildman–Crippen LogP) is 5.25. The molecule has 1 unspecified atom stereocenters. The Morgan fingerprint density at radius 3 is 2.54 bits per heavy atom. The van der Waals surface area contributed by atoms with Gasteiger partial charge in [-0.25, -0.2) is 0 Å². The summed E-state index contributed by atoms with van der Waals surface area (Å²) in [5.41, 5.74) is 1.19. The summed E-state index contributed by atoms with van der Waals surface area (Å²) >= 11 is 6.25. The topological polar surface area (TPSA) is 76.2 Å². The van der Waals surface area contributed by atoms with Gasteiger partial charge in [0.05, 0.1) is 16.4 Å². The highest BCUT2D eigenvalue weighted by Gasteiger charge is 2.35. The lowest BCUT2D eigenvalue weighted by Gasteiger charge is -2.26. The van der Waals surface area contributed by atoms with Gasteiger partial charge in [-0.2, -0.15) is 5.26 Å². The van der Waals surface area contributed by atoms with Crippen molar-refractivity contribution < 1.29 is 9.66 Å². The number of nitrogens with zero attached hydrogens (tertiary/aromatic N) is 2. The number of nitro benzene ring substituents is 1. The van der Waals surface area contributed by atoms with Gasteiger partial charge >= 0.3 is 0 Å². The van der Waals surface area contributed by atoms with Gasteiger partial charge in [0.25, 0.3) is 5.69 Å². The van der Waals surface area contributed by atoms with Crippen LogP contribution in [-0.4, -0.2) is 4.92 Å². The molecule has 0 aromatic heterocycles. The van der Waals surface area contributed by atoms with Gasteiger partial charge in [0.2, 0.25) is 5.22 Å². The van der Waals surface area contributed by atoms with Crippen LogP contribution in [0.5, 0.6) is 5.75 Å². The molecule has 0 aliphatic carbocycles. The maximum absolute atomic E-state index is 11.5. The van der Waals surface area contributed by atoms with Gasteiger partial charge in [-0.15, -0.1) is 0 Å². The van der Waals surface area contributed by atoms with Crippen molar-refractivity contribution in [2.45, 2.75) is 5.92 Å². The van der Waals surface area contributed by atoms with Crippen molar-refractivity contribution in [1.29, 1.82) is 5.26 Å². The third-order valence-electron chi connectivity index (χ3n) is 4.48. The molecule has 5 nitrogen and oxygen atoms in total. The lowest BCUT2D eigenvalue weighted by atomic mass is 9.82. The summed E-state index contributed by atoms with van der Waals surface area (Å²) < 4.78 is 5.75. The molecule has 6 heteroatoms. The summed E-state index contributed by atoms with van der Waals surface area (Å²) in [6, 6.07) is 19.8. The van der Waals surface area contributed by atoms with Crippen LogP contribution in [-0.2, 0) is 0 Å². The molecule has 3 aromatic carbocycles. The molecular weight excluding hydrogens is 352 g/mol. The highest BCUT2D eigenvalue weighted by Crippen LogP contribution is 2.48. The Labute approximate surface area is 153 Å². The monoisotopic (exact) mass is 362 g/mol. The maximum atomic E-state index is 11.5. The summed E-state index contributed by atoms with van der Waals surface area (Å²) in [6.07, 6.45) is 0. The number of rotatable bonds is 2. The van der Waals surface area contributed by atoms with Gasteiger partial charge in [0, 0.05) is 22.6 Å².